The van der Waals surface area contributed by atoms with Crippen LogP contribution in [0.3, 0.4) is 0 Å². The van der Waals surface area contributed by atoms with E-state index < -0.39 is 0 Å². The Morgan fingerprint density at radius 2 is 1.69 bits per heavy atom. The fraction of sp³-hybridized carbons (Fsp3) is 0.538. The molecular formula is C13H19Cl2N. The summed E-state index contributed by atoms with van der Waals surface area (Å²) in [4.78, 5) is 0. The highest BCUT2D eigenvalue weighted by Crippen LogP contribution is 2.20. The van der Waals surface area contributed by atoms with Gasteiger partial charge in [-0.3, -0.25) is 0 Å². The van der Waals surface area contributed by atoms with Crippen molar-refractivity contribution in [1.82, 2.24) is 0 Å². The lowest BCUT2D eigenvalue weighted by Crippen LogP contribution is -2.26. The first kappa shape index (κ1) is 13.8. The minimum absolute atomic E-state index is 0.287. The molecule has 1 unspecified atom stereocenters. The van der Waals surface area contributed by atoms with Crippen LogP contribution in [-0.4, -0.2) is 6.04 Å². The van der Waals surface area contributed by atoms with Gasteiger partial charge in [0.15, 0.2) is 0 Å². The zero-order valence-corrected chi connectivity index (χ0v) is 11.4. The Hall–Kier alpha value is -0.240. The minimum Gasteiger partial charge on any atom is -0.327 e. The molecule has 90 valence electrons. The van der Waals surface area contributed by atoms with Crippen molar-refractivity contribution in [1.29, 1.82) is 0 Å². The van der Waals surface area contributed by atoms with Gasteiger partial charge in [0.2, 0.25) is 0 Å². The molecule has 1 rings (SSSR count). The molecule has 0 aromatic heterocycles. The minimum atomic E-state index is 0.287. The summed E-state index contributed by atoms with van der Waals surface area (Å²) < 4.78 is 0. The lowest BCUT2D eigenvalue weighted by Gasteiger charge is -2.15. The van der Waals surface area contributed by atoms with E-state index in [1.807, 2.05) is 12.1 Å². The second-order valence-electron chi connectivity index (χ2n) is 4.58. The molecule has 0 saturated carbocycles. The van der Waals surface area contributed by atoms with Gasteiger partial charge >= 0.3 is 0 Å². The van der Waals surface area contributed by atoms with Crippen LogP contribution in [0.4, 0.5) is 0 Å². The van der Waals surface area contributed by atoms with E-state index in [-0.39, 0.29) is 6.04 Å². The highest BCUT2D eigenvalue weighted by Gasteiger charge is 2.07. The maximum absolute atomic E-state index is 5.99. The molecule has 0 aliphatic carbocycles. The number of benzene rings is 1. The molecule has 1 aromatic carbocycles. The maximum atomic E-state index is 5.99. The number of halogens is 2. The molecule has 0 radical (unpaired) electrons. The molecule has 1 atom stereocenters. The zero-order valence-electron chi connectivity index (χ0n) is 9.84. The van der Waals surface area contributed by atoms with E-state index in [2.05, 4.69) is 13.8 Å². The van der Waals surface area contributed by atoms with Gasteiger partial charge in [0.1, 0.15) is 0 Å². The van der Waals surface area contributed by atoms with Crippen LogP contribution in [-0.2, 0) is 6.42 Å². The lowest BCUT2D eigenvalue weighted by molar-refractivity contribution is 0.452. The van der Waals surface area contributed by atoms with Crippen molar-refractivity contribution in [3.8, 4) is 0 Å². The van der Waals surface area contributed by atoms with Gasteiger partial charge in [0.25, 0.3) is 0 Å². The first-order chi connectivity index (χ1) is 7.49. The highest BCUT2D eigenvalue weighted by molar-refractivity contribution is 6.34. The average molecular weight is 260 g/mol. The predicted molar refractivity (Wildman–Crippen MR) is 72.2 cm³/mol. The van der Waals surface area contributed by atoms with Crippen molar-refractivity contribution in [3.05, 3.63) is 33.8 Å². The summed E-state index contributed by atoms with van der Waals surface area (Å²) in [7, 11) is 0. The average Bonchev–Trinajstić information content (AvgIpc) is 2.15. The topological polar surface area (TPSA) is 26.0 Å². The molecule has 0 aliphatic heterocycles. The number of nitrogens with two attached hydrogens (primary N) is 1. The molecule has 3 heteroatoms. The van der Waals surface area contributed by atoms with Gasteiger partial charge in [-0.05, 0) is 48.9 Å². The molecule has 1 aromatic rings. The van der Waals surface area contributed by atoms with Gasteiger partial charge in [-0.25, -0.2) is 0 Å². The van der Waals surface area contributed by atoms with Gasteiger partial charge < -0.3 is 5.73 Å². The third-order valence-corrected chi connectivity index (χ3v) is 3.22. The van der Waals surface area contributed by atoms with Crippen molar-refractivity contribution >= 4 is 23.2 Å². The first-order valence-electron chi connectivity index (χ1n) is 5.69. The molecule has 0 heterocycles. The van der Waals surface area contributed by atoms with Gasteiger partial charge in [-0.2, -0.15) is 0 Å². The fourth-order valence-corrected chi connectivity index (χ4v) is 2.20. The van der Waals surface area contributed by atoms with Gasteiger partial charge in [0, 0.05) is 16.1 Å². The van der Waals surface area contributed by atoms with Crippen LogP contribution in [0.15, 0.2) is 18.2 Å². The Morgan fingerprint density at radius 1 is 1.12 bits per heavy atom. The summed E-state index contributed by atoms with van der Waals surface area (Å²) in [5.74, 6) is 0.544. The van der Waals surface area contributed by atoms with Crippen LogP contribution >= 0.6 is 23.2 Å². The smallest absolute Gasteiger partial charge is 0.0423 e. The van der Waals surface area contributed by atoms with Crippen molar-refractivity contribution in [2.45, 2.75) is 39.2 Å². The summed E-state index contributed by atoms with van der Waals surface area (Å²) in [5, 5.41) is 1.41. The molecule has 16 heavy (non-hydrogen) atoms. The molecule has 1 nitrogen and oxygen atoms in total. The van der Waals surface area contributed by atoms with E-state index in [1.165, 1.54) is 5.56 Å². The standard InChI is InChI=1S/C13H19Cl2N/c1-9(2)13(16)5-3-4-10-6-11(14)8-12(15)7-10/h6-9,13H,3-5,16H2,1-2H3. The largest absolute Gasteiger partial charge is 0.327 e. The number of hydrogen-bond donors (Lipinski definition) is 1. The number of rotatable bonds is 5. The van der Waals surface area contributed by atoms with Crippen LogP contribution in [0, 0.1) is 5.92 Å². The number of hydrogen-bond acceptors (Lipinski definition) is 1. The highest BCUT2D eigenvalue weighted by atomic mass is 35.5. The molecular weight excluding hydrogens is 241 g/mol. The Kier molecular flexibility index (Phi) is 5.60. The molecule has 0 spiro atoms. The molecule has 0 saturated heterocycles. The molecule has 0 amide bonds. The van der Waals surface area contributed by atoms with E-state index in [0.29, 0.717) is 16.0 Å². The van der Waals surface area contributed by atoms with E-state index in [0.717, 1.165) is 19.3 Å². The van der Waals surface area contributed by atoms with Crippen LogP contribution < -0.4 is 5.73 Å². The molecule has 0 bridgehead atoms. The van der Waals surface area contributed by atoms with Crippen LogP contribution in [0.5, 0.6) is 0 Å². The summed E-state index contributed by atoms with van der Waals surface area (Å²) in [6.07, 6.45) is 3.11. The monoisotopic (exact) mass is 259 g/mol. The van der Waals surface area contributed by atoms with Crippen molar-refractivity contribution in [2.24, 2.45) is 11.7 Å². The van der Waals surface area contributed by atoms with E-state index in [9.17, 15) is 0 Å². The van der Waals surface area contributed by atoms with Crippen LogP contribution in [0.25, 0.3) is 0 Å². The maximum Gasteiger partial charge on any atom is 0.0423 e. The lowest BCUT2D eigenvalue weighted by atomic mass is 9.98. The summed E-state index contributed by atoms with van der Waals surface area (Å²) >= 11 is 11.9. The Bertz CT molecular complexity index is 316. The molecule has 0 fully saturated rings. The van der Waals surface area contributed by atoms with Crippen LogP contribution in [0.2, 0.25) is 10.0 Å². The van der Waals surface area contributed by atoms with E-state index in [1.54, 1.807) is 6.07 Å². The number of aryl methyl sites for hydroxylation is 1. The van der Waals surface area contributed by atoms with Crippen molar-refractivity contribution < 1.29 is 0 Å². The van der Waals surface area contributed by atoms with Gasteiger partial charge in [-0.15, -0.1) is 0 Å². The third-order valence-electron chi connectivity index (χ3n) is 2.78. The third kappa shape index (κ3) is 4.73. The summed E-state index contributed by atoms with van der Waals surface area (Å²) in [6, 6.07) is 5.98. The van der Waals surface area contributed by atoms with E-state index >= 15 is 0 Å². The summed E-state index contributed by atoms with van der Waals surface area (Å²) in [5.41, 5.74) is 7.18. The summed E-state index contributed by atoms with van der Waals surface area (Å²) in [6.45, 7) is 4.31. The molecule has 0 aliphatic rings. The quantitative estimate of drug-likeness (QED) is 0.839. The first-order valence-corrected chi connectivity index (χ1v) is 6.45. The van der Waals surface area contributed by atoms with Crippen LogP contribution in [0.1, 0.15) is 32.3 Å². The Balaban J connectivity index is 2.43. The fourth-order valence-electron chi connectivity index (χ4n) is 1.63. The van der Waals surface area contributed by atoms with Gasteiger partial charge in [0.05, 0.1) is 0 Å². The second-order valence-corrected chi connectivity index (χ2v) is 5.45. The van der Waals surface area contributed by atoms with Crippen molar-refractivity contribution in [2.75, 3.05) is 0 Å². The predicted octanol–water partition coefficient (Wildman–Crippen LogP) is 4.30. The Morgan fingerprint density at radius 3 is 2.19 bits per heavy atom. The van der Waals surface area contributed by atoms with E-state index in [4.69, 9.17) is 28.9 Å². The second kappa shape index (κ2) is 6.48. The van der Waals surface area contributed by atoms with Crippen molar-refractivity contribution in [3.63, 3.8) is 0 Å². The normalized spacial score (nSPS) is 13.1. The SMILES string of the molecule is CC(C)C(N)CCCc1cc(Cl)cc(Cl)c1. The molecule has 2 N–H and O–H groups in total. The Labute approximate surface area is 108 Å². The van der Waals surface area contributed by atoms with Gasteiger partial charge in [-0.1, -0.05) is 37.0 Å². The zero-order chi connectivity index (χ0) is 12.1.